The summed E-state index contributed by atoms with van der Waals surface area (Å²) in [7, 11) is 0. The van der Waals surface area contributed by atoms with E-state index in [2.05, 4.69) is 15.6 Å². The fourth-order valence-corrected chi connectivity index (χ4v) is 3.52. The molecular formula is C20H24ClN3O3. The smallest absolute Gasteiger partial charge is 0.319 e. The third-order valence-electron chi connectivity index (χ3n) is 4.68. The summed E-state index contributed by atoms with van der Waals surface area (Å²) in [5, 5.41) is 15.5. The quantitative estimate of drug-likeness (QED) is 0.697. The second-order valence-electron chi connectivity index (χ2n) is 6.81. The SMILES string of the molecule is O=C(Nc1ccc(OCc2cccnc2)c(Cl)c1)N[C@H]1CCC[C@@H](CO)C1. The van der Waals surface area contributed by atoms with Gasteiger partial charge in [-0.05, 0) is 49.4 Å². The maximum absolute atomic E-state index is 12.2. The number of carbonyl (C=O) groups is 1. The number of urea groups is 1. The molecule has 27 heavy (non-hydrogen) atoms. The lowest BCUT2D eigenvalue weighted by Crippen LogP contribution is -2.41. The Kier molecular flexibility index (Phi) is 6.90. The summed E-state index contributed by atoms with van der Waals surface area (Å²) in [4.78, 5) is 16.3. The molecular weight excluding hydrogens is 366 g/mol. The van der Waals surface area contributed by atoms with E-state index >= 15 is 0 Å². The van der Waals surface area contributed by atoms with Crippen molar-refractivity contribution in [3.8, 4) is 5.75 Å². The number of carbonyl (C=O) groups excluding carboxylic acids is 1. The number of aliphatic hydroxyl groups is 1. The molecule has 1 aliphatic carbocycles. The molecule has 2 atom stereocenters. The molecule has 6 nitrogen and oxygen atoms in total. The lowest BCUT2D eigenvalue weighted by Gasteiger charge is -2.28. The molecule has 1 aromatic carbocycles. The Morgan fingerprint density at radius 3 is 2.96 bits per heavy atom. The predicted molar refractivity (Wildman–Crippen MR) is 105 cm³/mol. The minimum Gasteiger partial charge on any atom is -0.487 e. The average molecular weight is 390 g/mol. The van der Waals surface area contributed by atoms with Crippen molar-refractivity contribution in [2.24, 2.45) is 5.92 Å². The zero-order chi connectivity index (χ0) is 19.1. The van der Waals surface area contributed by atoms with Crippen molar-refractivity contribution < 1.29 is 14.6 Å². The van der Waals surface area contributed by atoms with Crippen LogP contribution in [0.3, 0.4) is 0 Å². The number of anilines is 1. The van der Waals surface area contributed by atoms with Crippen LogP contribution in [0.4, 0.5) is 10.5 Å². The van der Waals surface area contributed by atoms with Crippen LogP contribution in [0.15, 0.2) is 42.7 Å². The van der Waals surface area contributed by atoms with Crippen molar-refractivity contribution in [3.05, 3.63) is 53.3 Å². The number of halogens is 1. The molecule has 2 aromatic rings. The van der Waals surface area contributed by atoms with Crippen LogP contribution in [0.1, 0.15) is 31.2 Å². The highest BCUT2D eigenvalue weighted by Crippen LogP contribution is 2.28. The Labute approximate surface area is 163 Å². The summed E-state index contributed by atoms with van der Waals surface area (Å²) >= 11 is 6.27. The number of hydrogen-bond donors (Lipinski definition) is 3. The van der Waals surface area contributed by atoms with E-state index in [0.717, 1.165) is 31.2 Å². The van der Waals surface area contributed by atoms with E-state index < -0.39 is 0 Å². The van der Waals surface area contributed by atoms with Crippen LogP contribution in [-0.2, 0) is 6.61 Å². The molecule has 0 radical (unpaired) electrons. The first kappa shape index (κ1) is 19.5. The molecule has 144 valence electrons. The average Bonchev–Trinajstić information content (AvgIpc) is 2.68. The van der Waals surface area contributed by atoms with Gasteiger partial charge in [0.15, 0.2) is 0 Å². The van der Waals surface area contributed by atoms with E-state index in [0.29, 0.717) is 23.1 Å². The number of aliphatic hydroxyl groups excluding tert-OH is 1. The number of hydrogen-bond acceptors (Lipinski definition) is 4. The standard InChI is InChI=1S/C20H24ClN3O3/c21-18-10-17(6-7-19(18)27-13-15-4-2-8-22-11-15)24-20(26)23-16-5-1-3-14(9-16)12-25/h2,4,6-8,10-11,14,16,25H,1,3,5,9,12-13H2,(H2,23,24,26)/t14-,16+/m1/s1. The van der Waals surface area contributed by atoms with Crippen LogP contribution >= 0.6 is 11.6 Å². The van der Waals surface area contributed by atoms with Crippen molar-refractivity contribution in [1.29, 1.82) is 0 Å². The molecule has 1 aliphatic rings. The molecule has 7 heteroatoms. The van der Waals surface area contributed by atoms with Crippen LogP contribution in [0.2, 0.25) is 5.02 Å². The van der Waals surface area contributed by atoms with Crippen LogP contribution in [0.5, 0.6) is 5.75 Å². The fraction of sp³-hybridized carbons (Fsp3) is 0.400. The molecule has 1 aromatic heterocycles. The number of nitrogens with one attached hydrogen (secondary N) is 2. The zero-order valence-corrected chi connectivity index (χ0v) is 15.8. The van der Waals surface area contributed by atoms with Gasteiger partial charge in [0.2, 0.25) is 0 Å². The minimum absolute atomic E-state index is 0.0912. The first-order valence-electron chi connectivity index (χ1n) is 9.13. The number of rotatable bonds is 6. The number of ether oxygens (including phenoxy) is 1. The highest BCUT2D eigenvalue weighted by Gasteiger charge is 2.22. The van der Waals surface area contributed by atoms with E-state index in [4.69, 9.17) is 16.3 Å². The molecule has 0 saturated heterocycles. The van der Waals surface area contributed by atoms with Crippen molar-refractivity contribution in [1.82, 2.24) is 10.3 Å². The normalized spacial score (nSPS) is 19.3. The lowest BCUT2D eigenvalue weighted by molar-refractivity contribution is 0.171. The molecule has 0 spiro atoms. The van der Waals surface area contributed by atoms with E-state index in [9.17, 15) is 9.90 Å². The number of aromatic nitrogens is 1. The molecule has 1 fully saturated rings. The Hall–Kier alpha value is -2.31. The number of amides is 2. The van der Waals surface area contributed by atoms with Gasteiger partial charge in [-0.3, -0.25) is 4.98 Å². The van der Waals surface area contributed by atoms with Crippen molar-refractivity contribution in [2.45, 2.75) is 38.3 Å². The van der Waals surface area contributed by atoms with Gasteiger partial charge in [0.1, 0.15) is 12.4 Å². The van der Waals surface area contributed by atoms with Gasteiger partial charge < -0.3 is 20.5 Å². The Morgan fingerprint density at radius 1 is 1.33 bits per heavy atom. The van der Waals surface area contributed by atoms with E-state index in [1.807, 2.05) is 12.1 Å². The van der Waals surface area contributed by atoms with Crippen LogP contribution in [0.25, 0.3) is 0 Å². The van der Waals surface area contributed by atoms with Crippen LogP contribution < -0.4 is 15.4 Å². The molecule has 1 heterocycles. The van der Waals surface area contributed by atoms with Gasteiger partial charge >= 0.3 is 6.03 Å². The predicted octanol–water partition coefficient (Wildman–Crippen LogP) is 3.99. The number of pyridine rings is 1. The van der Waals surface area contributed by atoms with E-state index in [1.165, 1.54) is 0 Å². The van der Waals surface area contributed by atoms with Gasteiger partial charge in [0.25, 0.3) is 0 Å². The summed E-state index contributed by atoms with van der Waals surface area (Å²) in [5.41, 5.74) is 1.55. The highest BCUT2D eigenvalue weighted by molar-refractivity contribution is 6.32. The Morgan fingerprint density at radius 2 is 2.22 bits per heavy atom. The number of benzene rings is 1. The first-order valence-corrected chi connectivity index (χ1v) is 9.51. The monoisotopic (exact) mass is 389 g/mol. The summed E-state index contributed by atoms with van der Waals surface area (Å²) in [6.07, 6.45) is 7.23. The summed E-state index contributed by atoms with van der Waals surface area (Å²) in [5.74, 6) is 0.819. The van der Waals surface area contributed by atoms with Crippen LogP contribution in [0, 0.1) is 5.92 Å². The molecule has 1 saturated carbocycles. The fourth-order valence-electron chi connectivity index (χ4n) is 3.28. The lowest BCUT2D eigenvalue weighted by atomic mass is 9.86. The second-order valence-corrected chi connectivity index (χ2v) is 7.21. The summed E-state index contributed by atoms with van der Waals surface area (Å²) in [6.45, 7) is 0.546. The highest BCUT2D eigenvalue weighted by atomic mass is 35.5. The van der Waals surface area contributed by atoms with E-state index in [-0.39, 0.29) is 24.6 Å². The van der Waals surface area contributed by atoms with Gasteiger partial charge in [-0.25, -0.2) is 4.79 Å². The molecule has 0 unspecified atom stereocenters. The molecule has 3 rings (SSSR count). The second kappa shape index (κ2) is 9.58. The van der Waals surface area contributed by atoms with Gasteiger partial charge in [-0.15, -0.1) is 0 Å². The largest absolute Gasteiger partial charge is 0.487 e. The van der Waals surface area contributed by atoms with Gasteiger partial charge in [0, 0.05) is 36.3 Å². The molecule has 2 amide bonds. The van der Waals surface area contributed by atoms with Gasteiger partial charge in [-0.2, -0.15) is 0 Å². The van der Waals surface area contributed by atoms with Gasteiger partial charge in [0.05, 0.1) is 5.02 Å². The maximum atomic E-state index is 12.2. The molecule has 0 bridgehead atoms. The van der Waals surface area contributed by atoms with Crippen molar-refractivity contribution in [3.63, 3.8) is 0 Å². The van der Waals surface area contributed by atoms with Crippen molar-refractivity contribution >= 4 is 23.3 Å². The van der Waals surface area contributed by atoms with Crippen molar-refractivity contribution in [2.75, 3.05) is 11.9 Å². The third kappa shape index (κ3) is 5.84. The Bertz CT molecular complexity index is 757. The molecule has 3 N–H and O–H groups in total. The van der Waals surface area contributed by atoms with E-state index in [1.54, 1.807) is 30.6 Å². The third-order valence-corrected chi connectivity index (χ3v) is 4.98. The Balaban J connectivity index is 1.51. The maximum Gasteiger partial charge on any atom is 0.319 e. The number of nitrogens with zero attached hydrogens (tertiary/aromatic N) is 1. The topological polar surface area (TPSA) is 83.5 Å². The van der Waals surface area contributed by atoms with Crippen LogP contribution in [-0.4, -0.2) is 28.8 Å². The van der Waals surface area contributed by atoms with Gasteiger partial charge in [-0.1, -0.05) is 24.1 Å². The minimum atomic E-state index is -0.265. The first-order chi connectivity index (χ1) is 13.1. The zero-order valence-electron chi connectivity index (χ0n) is 15.0. The summed E-state index contributed by atoms with van der Waals surface area (Å²) in [6, 6.07) is 8.75. The summed E-state index contributed by atoms with van der Waals surface area (Å²) < 4.78 is 5.70. The molecule has 0 aliphatic heterocycles.